The Labute approximate surface area is 166 Å². The van der Waals surface area contributed by atoms with Crippen molar-refractivity contribution in [3.63, 3.8) is 0 Å². The average Bonchev–Trinajstić information content (AvgIpc) is 3.07. The third kappa shape index (κ3) is 4.63. The number of ether oxygens (including phenoxy) is 1. The molecule has 0 radical (unpaired) electrons. The molecule has 0 aliphatic carbocycles. The summed E-state index contributed by atoms with van der Waals surface area (Å²) in [5, 5.41) is 9.07. The number of hydrogen-bond donors (Lipinski definition) is 1. The minimum atomic E-state index is -0.781. The predicted octanol–water partition coefficient (Wildman–Crippen LogP) is 5.18. The van der Waals surface area contributed by atoms with E-state index in [1.807, 2.05) is 18.2 Å². The van der Waals surface area contributed by atoms with Crippen LogP contribution in [0.2, 0.25) is 0 Å². The van der Waals surface area contributed by atoms with Gasteiger partial charge >= 0.3 is 5.97 Å². The Bertz CT molecular complexity index is 954. The summed E-state index contributed by atoms with van der Waals surface area (Å²) in [7, 11) is 0. The zero-order chi connectivity index (χ0) is 20.1. The Morgan fingerprint density at radius 2 is 1.75 bits per heavy atom. The molecule has 3 rings (SSSR count). The molecule has 0 saturated carbocycles. The van der Waals surface area contributed by atoms with E-state index < -0.39 is 5.97 Å². The zero-order valence-corrected chi connectivity index (χ0v) is 16.7. The molecule has 0 fully saturated rings. The molecule has 0 atom stereocenters. The van der Waals surface area contributed by atoms with Gasteiger partial charge in [-0.25, -0.2) is 0 Å². The van der Waals surface area contributed by atoms with Crippen LogP contribution in [0.3, 0.4) is 0 Å². The lowest BCUT2D eigenvalue weighted by Crippen LogP contribution is -2.13. The van der Waals surface area contributed by atoms with E-state index >= 15 is 0 Å². The summed E-state index contributed by atoms with van der Waals surface area (Å²) in [6.45, 7) is 7.40. The first-order valence-electron chi connectivity index (χ1n) is 9.62. The number of nitrogens with zero attached hydrogens (tertiary/aromatic N) is 1. The first-order valence-corrected chi connectivity index (χ1v) is 9.62. The van der Waals surface area contributed by atoms with Gasteiger partial charge in [-0.15, -0.1) is 0 Å². The molecule has 4 nitrogen and oxygen atoms in total. The van der Waals surface area contributed by atoms with Gasteiger partial charge in [-0.3, -0.25) is 4.79 Å². The van der Waals surface area contributed by atoms with Gasteiger partial charge in [-0.1, -0.05) is 42.0 Å². The lowest BCUT2D eigenvalue weighted by molar-refractivity contribution is -0.136. The molecule has 146 valence electrons. The van der Waals surface area contributed by atoms with Crippen LogP contribution in [-0.2, 0) is 17.8 Å². The minimum absolute atomic E-state index is 0.120. The second-order valence-corrected chi connectivity index (χ2v) is 7.17. The van der Waals surface area contributed by atoms with E-state index in [4.69, 9.17) is 9.84 Å². The fourth-order valence-corrected chi connectivity index (χ4v) is 3.33. The quantitative estimate of drug-likeness (QED) is 0.589. The summed E-state index contributed by atoms with van der Waals surface area (Å²) >= 11 is 0. The van der Waals surface area contributed by atoms with Crippen molar-refractivity contribution >= 4 is 5.97 Å². The smallest absolute Gasteiger partial charge is 0.303 e. The second kappa shape index (κ2) is 8.79. The number of carbonyl (C=O) groups is 1. The molecule has 0 saturated heterocycles. The van der Waals surface area contributed by atoms with E-state index in [1.54, 1.807) is 0 Å². The maximum absolute atomic E-state index is 11.0. The molecule has 1 heterocycles. The van der Waals surface area contributed by atoms with Crippen molar-refractivity contribution in [2.75, 3.05) is 6.61 Å². The highest BCUT2D eigenvalue weighted by molar-refractivity contribution is 5.67. The summed E-state index contributed by atoms with van der Waals surface area (Å²) < 4.78 is 8.22. The lowest BCUT2D eigenvalue weighted by Gasteiger charge is -2.16. The van der Waals surface area contributed by atoms with Gasteiger partial charge in [-0.2, -0.15) is 0 Å². The molecule has 0 unspecified atom stereocenters. The van der Waals surface area contributed by atoms with Crippen LogP contribution >= 0.6 is 0 Å². The van der Waals surface area contributed by atoms with Crippen molar-refractivity contribution in [2.45, 2.75) is 40.2 Å². The van der Waals surface area contributed by atoms with E-state index in [-0.39, 0.29) is 6.42 Å². The van der Waals surface area contributed by atoms with E-state index in [2.05, 4.69) is 61.7 Å². The van der Waals surface area contributed by atoms with Crippen LogP contribution in [0.4, 0.5) is 0 Å². The van der Waals surface area contributed by atoms with E-state index in [9.17, 15) is 4.79 Å². The van der Waals surface area contributed by atoms with E-state index in [0.717, 1.165) is 28.3 Å². The molecular weight excluding hydrogens is 350 g/mol. The molecule has 1 N–H and O–H groups in total. The largest absolute Gasteiger partial charge is 0.491 e. The number of carboxylic acid groups (broad SMARTS) is 1. The van der Waals surface area contributed by atoms with Gasteiger partial charge in [-0.05, 0) is 62.1 Å². The zero-order valence-electron chi connectivity index (χ0n) is 16.7. The SMILES string of the molecule is Cc1ccc(-c2ccc(CCC(=O)O)n2CCOc2cccc(C)c2C)cc1. The molecule has 0 aliphatic heterocycles. The number of hydrogen-bond acceptors (Lipinski definition) is 2. The van der Waals surface area contributed by atoms with Gasteiger partial charge in [0.15, 0.2) is 0 Å². The third-order valence-electron chi connectivity index (χ3n) is 5.14. The molecule has 4 heteroatoms. The molecular formula is C24H27NO3. The fraction of sp³-hybridized carbons (Fsp3) is 0.292. The Balaban J connectivity index is 1.81. The van der Waals surface area contributed by atoms with Crippen molar-refractivity contribution in [3.8, 4) is 17.0 Å². The first-order chi connectivity index (χ1) is 13.5. The highest BCUT2D eigenvalue weighted by Gasteiger charge is 2.12. The fourth-order valence-electron chi connectivity index (χ4n) is 3.33. The van der Waals surface area contributed by atoms with Crippen LogP contribution in [0, 0.1) is 20.8 Å². The normalized spacial score (nSPS) is 10.8. The van der Waals surface area contributed by atoms with Gasteiger partial charge < -0.3 is 14.4 Å². The maximum atomic E-state index is 11.0. The van der Waals surface area contributed by atoms with Gasteiger partial charge in [0.2, 0.25) is 0 Å². The molecule has 28 heavy (non-hydrogen) atoms. The predicted molar refractivity (Wildman–Crippen MR) is 112 cm³/mol. The Morgan fingerprint density at radius 1 is 1.00 bits per heavy atom. The summed E-state index contributed by atoms with van der Waals surface area (Å²) in [5.74, 6) is 0.118. The Morgan fingerprint density at radius 3 is 2.46 bits per heavy atom. The number of aliphatic carboxylic acids is 1. The summed E-state index contributed by atoms with van der Waals surface area (Å²) in [4.78, 5) is 11.0. The van der Waals surface area contributed by atoms with Crippen LogP contribution < -0.4 is 4.74 Å². The molecule has 0 amide bonds. The van der Waals surface area contributed by atoms with Gasteiger partial charge in [0.25, 0.3) is 0 Å². The van der Waals surface area contributed by atoms with Gasteiger partial charge in [0.05, 0.1) is 13.0 Å². The van der Waals surface area contributed by atoms with Crippen molar-refractivity contribution in [3.05, 3.63) is 77.0 Å². The van der Waals surface area contributed by atoms with Crippen LogP contribution in [0.25, 0.3) is 11.3 Å². The third-order valence-corrected chi connectivity index (χ3v) is 5.14. The summed E-state index contributed by atoms with van der Waals surface area (Å²) in [6.07, 6.45) is 0.625. The maximum Gasteiger partial charge on any atom is 0.303 e. The van der Waals surface area contributed by atoms with E-state index in [1.165, 1.54) is 11.1 Å². The van der Waals surface area contributed by atoms with Crippen molar-refractivity contribution < 1.29 is 14.6 Å². The number of aryl methyl sites for hydroxylation is 3. The lowest BCUT2D eigenvalue weighted by atomic mass is 10.1. The Hall–Kier alpha value is -3.01. The molecule has 1 aromatic heterocycles. The second-order valence-electron chi connectivity index (χ2n) is 7.17. The van der Waals surface area contributed by atoms with Crippen molar-refractivity contribution in [1.82, 2.24) is 4.57 Å². The first kappa shape index (κ1) is 19.7. The molecule has 0 aliphatic rings. The van der Waals surface area contributed by atoms with Gasteiger partial charge in [0, 0.05) is 11.4 Å². The van der Waals surface area contributed by atoms with Crippen LogP contribution in [-0.4, -0.2) is 22.2 Å². The average molecular weight is 377 g/mol. The van der Waals surface area contributed by atoms with Crippen LogP contribution in [0.1, 0.15) is 28.8 Å². The summed E-state index contributed by atoms with van der Waals surface area (Å²) in [6, 6.07) is 18.6. The molecule has 0 spiro atoms. The van der Waals surface area contributed by atoms with Crippen LogP contribution in [0.15, 0.2) is 54.6 Å². The topological polar surface area (TPSA) is 51.5 Å². The minimum Gasteiger partial charge on any atom is -0.491 e. The summed E-state index contributed by atoms with van der Waals surface area (Å²) in [5.41, 5.74) is 6.80. The van der Waals surface area contributed by atoms with Crippen molar-refractivity contribution in [1.29, 1.82) is 0 Å². The Kier molecular flexibility index (Phi) is 6.19. The number of rotatable bonds is 8. The monoisotopic (exact) mass is 377 g/mol. The highest BCUT2D eigenvalue weighted by Crippen LogP contribution is 2.25. The van der Waals surface area contributed by atoms with Crippen LogP contribution in [0.5, 0.6) is 5.75 Å². The van der Waals surface area contributed by atoms with E-state index in [0.29, 0.717) is 19.6 Å². The van der Waals surface area contributed by atoms with Gasteiger partial charge in [0.1, 0.15) is 12.4 Å². The molecule has 2 aromatic carbocycles. The molecule has 0 bridgehead atoms. The number of benzene rings is 2. The number of carboxylic acids is 1. The van der Waals surface area contributed by atoms with Crippen molar-refractivity contribution in [2.24, 2.45) is 0 Å². The number of aromatic nitrogens is 1. The highest BCUT2D eigenvalue weighted by atomic mass is 16.5. The standard InChI is InChI=1S/C24H27NO3/c1-17-7-9-20(10-8-17)22-13-11-21(12-14-24(26)27)25(22)15-16-28-23-6-4-5-18(2)19(23)3/h4-11,13H,12,14-16H2,1-3H3,(H,26,27). The molecule has 3 aromatic rings.